The van der Waals surface area contributed by atoms with E-state index >= 15 is 0 Å². The Morgan fingerprint density at radius 1 is 1.33 bits per heavy atom. The molecule has 1 aromatic heterocycles. The monoisotopic (exact) mass is 327 g/mol. The van der Waals surface area contributed by atoms with E-state index in [1.54, 1.807) is 31.2 Å². The van der Waals surface area contributed by atoms with Crippen LogP contribution in [-0.2, 0) is 16.6 Å². The van der Waals surface area contributed by atoms with E-state index in [0.717, 1.165) is 17.8 Å². The maximum atomic E-state index is 12.4. The van der Waals surface area contributed by atoms with E-state index in [-0.39, 0.29) is 4.90 Å². The lowest BCUT2D eigenvalue weighted by atomic mass is 10.2. The number of para-hydroxylation sites is 1. The van der Waals surface area contributed by atoms with Crippen molar-refractivity contribution in [3.8, 4) is 0 Å². The minimum absolute atomic E-state index is 0.190. The van der Waals surface area contributed by atoms with Crippen molar-refractivity contribution in [2.75, 3.05) is 11.3 Å². The summed E-state index contributed by atoms with van der Waals surface area (Å²) in [4.78, 5) is 3.14. The zero-order chi connectivity index (χ0) is 15.5. The number of rotatable bonds is 6. The molecule has 0 aliphatic carbocycles. The van der Waals surface area contributed by atoms with Crippen molar-refractivity contribution in [3.05, 3.63) is 46.7 Å². The van der Waals surface area contributed by atoms with Crippen molar-refractivity contribution in [1.29, 1.82) is 0 Å². The predicted octanol–water partition coefficient (Wildman–Crippen LogP) is 2.89. The maximum Gasteiger partial charge on any atom is 0.263 e. The number of benzene rings is 1. The SMILES string of the molecule is CCNCc1cc(S(=O)(=O)Nc2c(C)cccc2Cl)c[nH]1. The maximum absolute atomic E-state index is 12.4. The molecular formula is C14H18ClN3O2S. The molecule has 2 rings (SSSR count). The van der Waals surface area contributed by atoms with Gasteiger partial charge in [-0.3, -0.25) is 4.72 Å². The quantitative estimate of drug-likeness (QED) is 0.763. The van der Waals surface area contributed by atoms with Crippen LogP contribution in [0.5, 0.6) is 0 Å². The summed E-state index contributed by atoms with van der Waals surface area (Å²) in [6.45, 7) is 5.20. The van der Waals surface area contributed by atoms with Crippen LogP contribution in [-0.4, -0.2) is 19.9 Å². The summed E-state index contributed by atoms with van der Waals surface area (Å²) < 4.78 is 27.3. The number of H-pyrrole nitrogens is 1. The summed E-state index contributed by atoms with van der Waals surface area (Å²) in [5.41, 5.74) is 2.00. The number of nitrogens with one attached hydrogen (secondary N) is 3. The number of hydrogen-bond acceptors (Lipinski definition) is 3. The van der Waals surface area contributed by atoms with Crippen LogP contribution < -0.4 is 10.0 Å². The number of aromatic nitrogens is 1. The second-order valence-corrected chi connectivity index (χ2v) is 6.77. The smallest absolute Gasteiger partial charge is 0.263 e. The fourth-order valence-corrected chi connectivity index (χ4v) is 3.38. The van der Waals surface area contributed by atoms with Crippen LogP contribution in [0, 0.1) is 6.92 Å². The molecule has 0 aliphatic rings. The van der Waals surface area contributed by atoms with E-state index in [2.05, 4.69) is 15.0 Å². The van der Waals surface area contributed by atoms with Gasteiger partial charge in [0.15, 0.2) is 0 Å². The highest BCUT2D eigenvalue weighted by molar-refractivity contribution is 7.92. The van der Waals surface area contributed by atoms with Gasteiger partial charge in [0.05, 0.1) is 10.7 Å². The topological polar surface area (TPSA) is 74.0 Å². The molecule has 3 N–H and O–H groups in total. The Morgan fingerprint density at radius 3 is 2.76 bits per heavy atom. The highest BCUT2D eigenvalue weighted by atomic mass is 35.5. The van der Waals surface area contributed by atoms with E-state index in [1.807, 2.05) is 6.92 Å². The first-order valence-corrected chi connectivity index (χ1v) is 8.46. The summed E-state index contributed by atoms with van der Waals surface area (Å²) in [6, 6.07) is 6.84. The number of anilines is 1. The molecular weight excluding hydrogens is 310 g/mol. The minimum Gasteiger partial charge on any atom is -0.363 e. The molecule has 5 nitrogen and oxygen atoms in total. The first kappa shape index (κ1) is 15.9. The highest BCUT2D eigenvalue weighted by Gasteiger charge is 2.18. The Kier molecular flexibility index (Phi) is 4.92. The second kappa shape index (κ2) is 6.51. The van der Waals surface area contributed by atoms with Gasteiger partial charge in [-0.2, -0.15) is 0 Å². The summed E-state index contributed by atoms with van der Waals surface area (Å²) in [5.74, 6) is 0. The molecule has 0 aliphatic heterocycles. The van der Waals surface area contributed by atoms with Gasteiger partial charge < -0.3 is 10.3 Å². The molecule has 0 atom stereocenters. The zero-order valence-electron chi connectivity index (χ0n) is 11.9. The second-order valence-electron chi connectivity index (χ2n) is 4.68. The average molecular weight is 328 g/mol. The van der Waals surface area contributed by atoms with Crippen LogP contribution in [0.2, 0.25) is 5.02 Å². The van der Waals surface area contributed by atoms with E-state index in [1.165, 1.54) is 6.20 Å². The van der Waals surface area contributed by atoms with E-state index in [0.29, 0.717) is 17.3 Å². The van der Waals surface area contributed by atoms with Crippen molar-refractivity contribution < 1.29 is 8.42 Å². The van der Waals surface area contributed by atoms with Crippen molar-refractivity contribution >= 4 is 27.3 Å². The lowest BCUT2D eigenvalue weighted by Crippen LogP contribution is -2.14. The van der Waals surface area contributed by atoms with Gasteiger partial charge in [-0.15, -0.1) is 0 Å². The number of sulfonamides is 1. The molecule has 0 amide bonds. The Bertz CT molecular complexity index is 705. The summed E-state index contributed by atoms with van der Waals surface area (Å²) >= 11 is 6.05. The summed E-state index contributed by atoms with van der Waals surface area (Å²) in [6.07, 6.45) is 1.47. The molecule has 0 saturated carbocycles. The molecule has 1 heterocycles. The normalized spacial score (nSPS) is 11.6. The van der Waals surface area contributed by atoms with E-state index < -0.39 is 10.0 Å². The molecule has 114 valence electrons. The molecule has 7 heteroatoms. The highest BCUT2D eigenvalue weighted by Crippen LogP contribution is 2.28. The predicted molar refractivity (Wildman–Crippen MR) is 85.2 cm³/mol. The van der Waals surface area contributed by atoms with Gasteiger partial charge in [0.2, 0.25) is 0 Å². The fourth-order valence-electron chi connectivity index (χ4n) is 1.89. The molecule has 0 saturated heterocycles. The van der Waals surface area contributed by atoms with Crippen LogP contribution in [0.25, 0.3) is 0 Å². The summed E-state index contributed by atoms with van der Waals surface area (Å²) in [7, 11) is -3.66. The van der Waals surface area contributed by atoms with Gasteiger partial charge in [-0.1, -0.05) is 30.7 Å². The molecule has 0 bridgehead atoms. The third-order valence-corrected chi connectivity index (χ3v) is 4.69. The molecule has 2 aromatic rings. The molecule has 0 spiro atoms. The Hall–Kier alpha value is -1.50. The van der Waals surface area contributed by atoms with Gasteiger partial charge in [0.1, 0.15) is 4.90 Å². The zero-order valence-corrected chi connectivity index (χ0v) is 13.5. The molecule has 1 aromatic carbocycles. The van der Waals surface area contributed by atoms with Gasteiger partial charge in [-0.05, 0) is 31.2 Å². The first-order valence-electron chi connectivity index (χ1n) is 6.60. The van der Waals surface area contributed by atoms with Gasteiger partial charge in [-0.25, -0.2) is 8.42 Å². The molecule has 0 unspecified atom stereocenters. The van der Waals surface area contributed by atoms with Crippen molar-refractivity contribution in [2.45, 2.75) is 25.3 Å². The molecule has 0 fully saturated rings. The molecule has 0 radical (unpaired) electrons. The van der Waals surface area contributed by atoms with Crippen molar-refractivity contribution in [2.24, 2.45) is 0 Å². The van der Waals surface area contributed by atoms with Crippen LogP contribution in [0.3, 0.4) is 0 Å². The lowest BCUT2D eigenvalue weighted by Gasteiger charge is -2.11. The van der Waals surface area contributed by atoms with Crippen LogP contribution in [0.1, 0.15) is 18.2 Å². The Balaban J connectivity index is 2.24. The Labute approximate surface area is 129 Å². The van der Waals surface area contributed by atoms with Gasteiger partial charge >= 0.3 is 0 Å². The number of halogens is 1. The van der Waals surface area contributed by atoms with E-state index in [9.17, 15) is 8.42 Å². The lowest BCUT2D eigenvalue weighted by molar-refractivity contribution is 0.601. The standard InChI is InChI=1S/C14H18ClN3O2S/c1-3-16-8-11-7-12(9-17-11)21(19,20)18-14-10(2)5-4-6-13(14)15/h4-7,9,16-18H,3,8H2,1-2H3. The van der Waals surface area contributed by atoms with E-state index in [4.69, 9.17) is 11.6 Å². The van der Waals surface area contributed by atoms with Crippen LogP contribution in [0.15, 0.2) is 35.4 Å². The number of aryl methyl sites for hydroxylation is 1. The van der Waals surface area contributed by atoms with Crippen molar-refractivity contribution in [3.63, 3.8) is 0 Å². The Morgan fingerprint density at radius 2 is 2.10 bits per heavy atom. The van der Waals surface area contributed by atoms with Gasteiger partial charge in [0, 0.05) is 18.4 Å². The summed E-state index contributed by atoms with van der Waals surface area (Å²) in [5, 5.41) is 3.51. The third-order valence-electron chi connectivity index (χ3n) is 3.05. The van der Waals surface area contributed by atoms with Gasteiger partial charge in [0.25, 0.3) is 10.0 Å². The van der Waals surface area contributed by atoms with Crippen molar-refractivity contribution in [1.82, 2.24) is 10.3 Å². The van der Waals surface area contributed by atoms with Crippen LogP contribution >= 0.6 is 11.6 Å². The van der Waals surface area contributed by atoms with Crippen LogP contribution in [0.4, 0.5) is 5.69 Å². The number of hydrogen-bond donors (Lipinski definition) is 3. The average Bonchev–Trinajstić information content (AvgIpc) is 2.90. The fraction of sp³-hybridized carbons (Fsp3) is 0.286. The number of aromatic amines is 1. The first-order chi connectivity index (χ1) is 9.94. The molecule has 21 heavy (non-hydrogen) atoms. The third kappa shape index (κ3) is 3.78. The minimum atomic E-state index is -3.66. The largest absolute Gasteiger partial charge is 0.363 e.